The zero-order chi connectivity index (χ0) is 10.1. The first-order valence-corrected chi connectivity index (χ1v) is 6.28. The van der Waals surface area contributed by atoms with E-state index in [1.807, 2.05) is 0 Å². The molecule has 1 N–H and O–H groups in total. The van der Waals surface area contributed by atoms with Crippen LogP contribution in [0.2, 0.25) is 0 Å². The largest absolute Gasteiger partial charge is 0.481 e. The third kappa shape index (κ3) is 2.69. The highest BCUT2D eigenvalue weighted by Gasteiger charge is 2.32. The molecular formula is C8H14O4S. The number of rotatable bonds is 2. The number of hydrogen-bond acceptors (Lipinski definition) is 3. The van der Waals surface area contributed by atoms with E-state index >= 15 is 0 Å². The summed E-state index contributed by atoms with van der Waals surface area (Å²) < 4.78 is 22.3. The number of carboxylic acid groups (broad SMARTS) is 1. The molecule has 1 fully saturated rings. The van der Waals surface area contributed by atoms with E-state index < -0.39 is 27.0 Å². The van der Waals surface area contributed by atoms with E-state index in [9.17, 15) is 13.2 Å². The number of carbonyl (C=O) groups is 1. The van der Waals surface area contributed by atoms with Crippen molar-refractivity contribution in [2.24, 2.45) is 5.92 Å². The Kier molecular flexibility index (Phi) is 2.95. The van der Waals surface area contributed by atoms with E-state index in [-0.39, 0.29) is 6.42 Å². The molecule has 0 aromatic carbocycles. The average Bonchev–Trinajstić information content (AvgIpc) is 2.03. The molecule has 4 nitrogen and oxygen atoms in total. The summed E-state index contributed by atoms with van der Waals surface area (Å²) in [7, 11) is -3.06. The Bertz CT molecular complexity index is 293. The summed E-state index contributed by atoms with van der Waals surface area (Å²) in [4.78, 5) is 10.6. The van der Waals surface area contributed by atoms with Crippen LogP contribution in [0.4, 0.5) is 0 Å². The fourth-order valence-corrected chi connectivity index (χ4v) is 2.93. The average molecular weight is 206 g/mol. The smallest absolute Gasteiger partial charge is 0.306 e. The fraction of sp³-hybridized carbons (Fsp3) is 0.875. The molecule has 0 bridgehead atoms. The Balaban J connectivity index is 2.67. The first-order chi connectivity index (χ1) is 5.91. The van der Waals surface area contributed by atoms with Crippen LogP contribution in [-0.2, 0) is 14.6 Å². The number of sulfone groups is 1. The highest BCUT2D eigenvalue weighted by molar-refractivity contribution is 7.91. The second kappa shape index (κ2) is 3.65. The van der Waals surface area contributed by atoms with E-state index in [0.29, 0.717) is 19.3 Å². The number of hydrogen-bond donors (Lipinski definition) is 1. The van der Waals surface area contributed by atoms with Crippen molar-refractivity contribution in [1.29, 1.82) is 0 Å². The van der Waals surface area contributed by atoms with Crippen molar-refractivity contribution in [1.82, 2.24) is 0 Å². The van der Waals surface area contributed by atoms with E-state index in [4.69, 9.17) is 5.11 Å². The van der Waals surface area contributed by atoms with Crippen LogP contribution >= 0.6 is 0 Å². The SMILES string of the molecule is CS(=O)(=O)C1CCCC(C(=O)O)C1. The maximum absolute atomic E-state index is 11.2. The first kappa shape index (κ1) is 10.5. The van der Waals surface area contributed by atoms with Crippen molar-refractivity contribution in [2.45, 2.75) is 30.9 Å². The Morgan fingerprint density at radius 2 is 2.00 bits per heavy atom. The minimum absolute atomic E-state index is 0.286. The molecule has 76 valence electrons. The molecular weight excluding hydrogens is 192 g/mol. The molecule has 2 unspecified atom stereocenters. The van der Waals surface area contributed by atoms with E-state index in [0.717, 1.165) is 0 Å². The van der Waals surface area contributed by atoms with Gasteiger partial charge in [-0.2, -0.15) is 0 Å². The predicted octanol–water partition coefficient (Wildman–Crippen LogP) is 0.674. The lowest BCUT2D eigenvalue weighted by molar-refractivity contribution is -0.142. The van der Waals surface area contributed by atoms with Gasteiger partial charge in [0.15, 0.2) is 0 Å². The Morgan fingerprint density at radius 1 is 1.38 bits per heavy atom. The summed E-state index contributed by atoms with van der Waals surface area (Å²) in [5.41, 5.74) is 0. The third-order valence-corrected chi connectivity index (χ3v) is 4.22. The van der Waals surface area contributed by atoms with Crippen LogP contribution in [0.25, 0.3) is 0 Å². The summed E-state index contributed by atoms with van der Waals surface area (Å²) in [5, 5.41) is 8.28. The zero-order valence-electron chi connectivity index (χ0n) is 7.56. The van der Waals surface area contributed by atoms with Crippen LogP contribution in [0.3, 0.4) is 0 Å². The lowest BCUT2D eigenvalue weighted by Gasteiger charge is -2.24. The van der Waals surface area contributed by atoms with Gasteiger partial charge in [0.1, 0.15) is 9.84 Å². The van der Waals surface area contributed by atoms with Gasteiger partial charge < -0.3 is 5.11 Å². The topological polar surface area (TPSA) is 71.4 Å². The van der Waals surface area contributed by atoms with Crippen molar-refractivity contribution < 1.29 is 18.3 Å². The zero-order valence-corrected chi connectivity index (χ0v) is 8.38. The normalized spacial score (nSPS) is 29.9. The standard InChI is InChI=1S/C8H14O4S/c1-13(11,12)7-4-2-3-6(5-7)8(9)10/h6-7H,2-5H2,1H3,(H,9,10). The maximum Gasteiger partial charge on any atom is 0.306 e. The van der Waals surface area contributed by atoms with Crippen LogP contribution in [0.1, 0.15) is 25.7 Å². The molecule has 2 atom stereocenters. The van der Waals surface area contributed by atoms with Crippen LogP contribution in [0.15, 0.2) is 0 Å². The molecule has 5 heteroatoms. The minimum Gasteiger partial charge on any atom is -0.481 e. The van der Waals surface area contributed by atoms with E-state index in [2.05, 4.69) is 0 Å². The Morgan fingerprint density at radius 3 is 2.46 bits per heavy atom. The molecule has 0 amide bonds. The molecule has 1 aliphatic rings. The summed E-state index contributed by atoms with van der Waals surface area (Å²) in [6.45, 7) is 0. The highest BCUT2D eigenvalue weighted by atomic mass is 32.2. The minimum atomic E-state index is -3.06. The van der Waals surface area contributed by atoms with Gasteiger partial charge in [-0.05, 0) is 19.3 Å². The van der Waals surface area contributed by atoms with Crippen LogP contribution in [0, 0.1) is 5.92 Å². The van der Waals surface area contributed by atoms with Crippen molar-refractivity contribution in [3.05, 3.63) is 0 Å². The van der Waals surface area contributed by atoms with Crippen molar-refractivity contribution >= 4 is 15.8 Å². The second-order valence-corrected chi connectivity index (χ2v) is 5.98. The monoisotopic (exact) mass is 206 g/mol. The van der Waals surface area contributed by atoms with Gasteiger partial charge in [0, 0.05) is 6.26 Å². The lowest BCUT2D eigenvalue weighted by atomic mass is 9.89. The molecule has 0 aromatic heterocycles. The molecule has 1 saturated carbocycles. The lowest BCUT2D eigenvalue weighted by Crippen LogP contribution is -2.30. The molecule has 13 heavy (non-hydrogen) atoms. The van der Waals surface area contributed by atoms with Crippen LogP contribution in [0.5, 0.6) is 0 Å². The molecule has 0 saturated heterocycles. The van der Waals surface area contributed by atoms with Crippen LogP contribution < -0.4 is 0 Å². The second-order valence-electron chi connectivity index (χ2n) is 3.65. The summed E-state index contributed by atoms with van der Waals surface area (Å²) in [6, 6.07) is 0. The first-order valence-electron chi connectivity index (χ1n) is 4.33. The maximum atomic E-state index is 11.2. The van der Waals surface area contributed by atoms with Gasteiger partial charge >= 0.3 is 5.97 Å². The molecule has 1 rings (SSSR count). The molecule has 0 aliphatic heterocycles. The molecule has 0 radical (unpaired) electrons. The Hall–Kier alpha value is -0.580. The Labute approximate surface area is 77.9 Å². The van der Waals surface area contributed by atoms with Gasteiger partial charge in [-0.3, -0.25) is 4.79 Å². The van der Waals surface area contributed by atoms with Crippen molar-refractivity contribution in [3.63, 3.8) is 0 Å². The third-order valence-electron chi connectivity index (χ3n) is 2.58. The number of aliphatic carboxylic acids is 1. The highest BCUT2D eigenvalue weighted by Crippen LogP contribution is 2.28. The van der Waals surface area contributed by atoms with Gasteiger partial charge in [-0.25, -0.2) is 8.42 Å². The van der Waals surface area contributed by atoms with Crippen molar-refractivity contribution in [2.75, 3.05) is 6.26 Å². The predicted molar refractivity (Wildman–Crippen MR) is 48.2 cm³/mol. The van der Waals surface area contributed by atoms with Gasteiger partial charge in [0.25, 0.3) is 0 Å². The van der Waals surface area contributed by atoms with Gasteiger partial charge in [-0.1, -0.05) is 6.42 Å². The van der Waals surface area contributed by atoms with Crippen LogP contribution in [-0.4, -0.2) is 31.0 Å². The number of carboxylic acids is 1. The molecule has 0 heterocycles. The summed E-state index contributed by atoms with van der Waals surface area (Å²) >= 11 is 0. The van der Waals surface area contributed by atoms with E-state index in [1.165, 1.54) is 6.26 Å². The molecule has 1 aliphatic carbocycles. The fourth-order valence-electron chi connectivity index (χ4n) is 1.76. The summed E-state index contributed by atoms with van der Waals surface area (Å²) in [5.74, 6) is -1.33. The van der Waals surface area contributed by atoms with E-state index in [1.54, 1.807) is 0 Å². The van der Waals surface area contributed by atoms with Gasteiger partial charge in [0.2, 0.25) is 0 Å². The van der Waals surface area contributed by atoms with Gasteiger partial charge in [-0.15, -0.1) is 0 Å². The quantitative estimate of drug-likeness (QED) is 0.721. The molecule has 0 aromatic rings. The van der Waals surface area contributed by atoms with Crippen molar-refractivity contribution in [3.8, 4) is 0 Å². The molecule has 0 spiro atoms. The van der Waals surface area contributed by atoms with Gasteiger partial charge in [0.05, 0.1) is 11.2 Å². The summed E-state index contributed by atoms with van der Waals surface area (Å²) in [6.07, 6.45) is 3.40.